The molecule has 0 unspecified atom stereocenters. The van der Waals surface area contributed by atoms with Crippen LogP contribution < -0.4 is 4.74 Å². The molecule has 0 spiro atoms. The predicted molar refractivity (Wildman–Crippen MR) is 103 cm³/mol. The first-order valence-corrected chi connectivity index (χ1v) is 10.4. The van der Waals surface area contributed by atoms with Crippen molar-refractivity contribution in [2.45, 2.75) is 11.3 Å². The van der Waals surface area contributed by atoms with Gasteiger partial charge in [-0.25, -0.2) is 8.42 Å². The molecule has 3 rings (SSSR count). The highest BCUT2D eigenvalue weighted by Gasteiger charge is 2.29. The number of rotatable bonds is 6. The zero-order valence-electron chi connectivity index (χ0n) is 14.8. The van der Waals surface area contributed by atoms with Gasteiger partial charge in [0.05, 0.1) is 12.1 Å². The van der Waals surface area contributed by atoms with Crippen LogP contribution in [0.25, 0.3) is 0 Å². The fraction of sp³-hybridized carbons (Fsp3) is 0.368. The number of ether oxygens (including phenoxy) is 1. The lowest BCUT2D eigenvalue weighted by Gasteiger charge is -2.34. The standard InChI is InChI=1S/C19H23ClN2O3S/c1-25-18-8-4-2-6-16(18)10-11-21-12-14-22(15-13-21)26(23,24)19-9-5-3-7-17(19)20/h2-9H,10-15H2,1H3. The Labute approximate surface area is 160 Å². The van der Waals surface area contributed by atoms with E-state index < -0.39 is 10.0 Å². The van der Waals surface area contributed by atoms with Crippen molar-refractivity contribution in [3.8, 4) is 5.75 Å². The van der Waals surface area contributed by atoms with E-state index in [0.717, 1.165) is 18.7 Å². The van der Waals surface area contributed by atoms with Gasteiger partial charge in [0.25, 0.3) is 0 Å². The predicted octanol–water partition coefficient (Wildman–Crippen LogP) is 2.90. The maximum Gasteiger partial charge on any atom is 0.244 e. The first-order valence-electron chi connectivity index (χ1n) is 8.61. The van der Waals surface area contributed by atoms with Gasteiger partial charge in [-0.3, -0.25) is 0 Å². The van der Waals surface area contributed by atoms with E-state index in [0.29, 0.717) is 26.2 Å². The Morgan fingerprint density at radius 1 is 1.00 bits per heavy atom. The summed E-state index contributed by atoms with van der Waals surface area (Å²) in [6.07, 6.45) is 0.876. The summed E-state index contributed by atoms with van der Waals surface area (Å²) in [6.45, 7) is 3.23. The Balaban J connectivity index is 1.58. The number of sulfonamides is 1. The second-order valence-electron chi connectivity index (χ2n) is 6.24. The van der Waals surface area contributed by atoms with Crippen LogP contribution in [-0.2, 0) is 16.4 Å². The Morgan fingerprint density at radius 2 is 1.65 bits per heavy atom. The van der Waals surface area contributed by atoms with Crippen LogP contribution in [0.2, 0.25) is 5.02 Å². The van der Waals surface area contributed by atoms with E-state index in [9.17, 15) is 8.42 Å². The van der Waals surface area contributed by atoms with Crippen LogP contribution in [0.5, 0.6) is 5.75 Å². The van der Waals surface area contributed by atoms with Gasteiger partial charge in [0.1, 0.15) is 10.6 Å². The molecule has 2 aromatic carbocycles. The minimum absolute atomic E-state index is 0.184. The van der Waals surface area contributed by atoms with E-state index >= 15 is 0 Å². The average molecular weight is 395 g/mol. The van der Waals surface area contributed by atoms with E-state index in [1.807, 2.05) is 18.2 Å². The van der Waals surface area contributed by atoms with E-state index in [2.05, 4.69) is 11.0 Å². The Bertz CT molecular complexity index is 849. The molecular formula is C19H23ClN2O3S. The van der Waals surface area contributed by atoms with Crippen molar-refractivity contribution in [3.63, 3.8) is 0 Å². The van der Waals surface area contributed by atoms with Gasteiger partial charge in [0.2, 0.25) is 10.0 Å². The summed E-state index contributed by atoms with van der Waals surface area (Å²) in [5, 5.41) is 0.270. The summed E-state index contributed by atoms with van der Waals surface area (Å²) < 4.78 is 32.5. The fourth-order valence-electron chi connectivity index (χ4n) is 3.17. The number of hydrogen-bond donors (Lipinski definition) is 0. The molecule has 5 nitrogen and oxygen atoms in total. The smallest absolute Gasteiger partial charge is 0.244 e. The first-order chi connectivity index (χ1) is 12.5. The number of hydrogen-bond acceptors (Lipinski definition) is 4. The second-order valence-corrected chi connectivity index (χ2v) is 8.55. The molecule has 26 heavy (non-hydrogen) atoms. The topological polar surface area (TPSA) is 49.9 Å². The normalized spacial score (nSPS) is 16.5. The molecule has 7 heteroatoms. The molecule has 1 heterocycles. The number of piperazine rings is 1. The summed E-state index contributed by atoms with van der Waals surface area (Å²) in [7, 11) is -1.86. The van der Waals surface area contributed by atoms with Crippen LogP contribution in [-0.4, -0.2) is 57.5 Å². The van der Waals surface area contributed by atoms with Crippen molar-refractivity contribution in [1.82, 2.24) is 9.21 Å². The van der Waals surface area contributed by atoms with Crippen molar-refractivity contribution in [2.75, 3.05) is 39.8 Å². The maximum atomic E-state index is 12.8. The van der Waals surface area contributed by atoms with Crippen molar-refractivity contribution in [2.24, 2.45) is 0 Å². The van der Waals surface area contributed by atoms with Gasteiger partial charge in [-0.05, 0) is 30.2 Å². The zero-order chi connectivity index (χ0) is 18.6. The average Bonchev–Trinajstić information content (AvgIpc) is 2.67. The highest BCUT2D eigenvalue weighted by atomic mass is 35.5. The van der Waals surface area contributed by atoms with Gasteiger partial charge in [-0.2, -0.15) is 4.31 Å². The molecule has 1 fully saturated rings. The highest BCUT2D eigenvalue weighted by Crippen LogP contribution is 2.25. The van der Waals surface area contributed by atoms with Crippen LogP contribution in [0.15, 0.2) is 53.4 Å². The molecule has 0 bridgehead atoms. The fourth-order valence-corrected chi connectivity index (χ4v) is 5.09. The molecule has 0 atom stereocenters. The second kappa shape index (κ2) is 8.39. The highest BCUT2D eigenvalue weighted by molar-refractivity contribution is 7.89. The molecule has 0 aromatic heterocycles. The summed E-state index contributed by atoms with van der Waals surface area (Å²) in [5.74, 6) is 0.896. The van der Waals surface area contributed by atoms with Crippen LogP contribution in [0.4, 0.5) is 0 Å². The molecule has 0 radical (unpaired) electrons. The third-order valence-electron chi connectivity index (χ3n) is 4.68. The lowest BCUT2D eigenvalue weighted by atomic mass is 10.1. The summed E-state index contributed by atoms with van der Waals surface area (Å²) >= 11 is 6.07. The molecule has 1 aliphatic rings. The van der Waals surface area contributed by atoms with Crippen molar-refractivity contribution < 1.29 is 13.2 Å². The van der Waals surface area contributed by atoms with Gasteiger partial charge >= 0.3 is 0 Å². The Hall–Kier alpha value is -1.60. The summed E-state index contributed by atoms with van der Waals surface area (Å²) in [4.78, 5) is 2.47. The molecule has 2 aromatic rings. The molecule has 1 saturated heterocycles. The molecule has 0 N–H and O–H groups in total. The minimum Gasteiger partial charge on any atom is -0.496 e. The van der Waals surface area contributed by atoms with Gasteiger partial charge in [0, 0.05) is 32.7 Å². The maximum absolute atomic E-state index is 12.8. The van der Waals surface area contributed by atoms with Crippen LogP contribution >= 0.6 is 11.6 Å². The molecule has 0 aliphatic carbocycles. The number of halogens is 1. The quantitative estimate of drug-likeness (QED) is 0.755. The number of nitrogens with zero attached hydrogens (tertiary/aromatic N) is 2. The number of methoxy groups -OCH3 is 1. The van der Waals surface area contributed by atoms with Crippen LogP contribution in [0.1, 0.15) is 5.56 Å². The minimum atomic E-state index is -3.54. The van der Waals surface area contributed by atoms with Gasteiger partial charge < -0.3 is 9.64 Å². The lowest BCUT2D eigenvalue weighted by molar-refractivity contribution is 0.190. The molecule has 0 saturated carbocycles. The van der Waals surface area contributed by atoms with Gasteiger partial charge in [0.15, 0.2) is 0 Å². The molecule has 140 valence electrons. The van der Waals surface area contributed by atoms with Crippen molar-refractivity contribution in [3.05, 3.63) is 59.1 Å². The number of para-hydroxylation sites is 1. The summed E-state index contributed by atoms with van der Waals surface area (Å²) in [5.41, 5.74) is 1.17. The van der Waals surface area contributed by atoms with Gasteiger partial charge in [-0.15, -0.1) is 0 Å². The first kappa shape index (κ1) is 19.2. The summed E-state index contributed by atoms with van der Waals surface area (Å²) in [6, 6.07) is 14.6. The van der Waals surface area contributed by atoms with E-state index in [4.69, 9.17) is 16.3 Å². The molecule has 1 aliphatic heterocycles. The largest absolute Gasteiger partial charge is 0.496 e. The Morgan fingerprint density at radius 3 is 2.35 bits per heavy atom. The van der Waals surface area contributed by atoms with E-state index in [1.165, 1.54) is 9.87 Å². The SMILES string of the molecule is COc1ccccc1CCN1CCN(S(=O)(=O)c2ccccc2Cl)CC1. The van der Waals surface area contributed by atoms with Crippen molar-refractivity contribution in [1.29, 1.82) is 0 Å². The lowest BCUT2D eigenvalue weighted by Crippen LogP contribution is -2.49. The molecular weight excluding hydrogens is 372 g/mol. The van der Waals surface area contributed by atoms with E-state index in [-0.39, 0.29) is 9.92 Å². The van der Waals surface area contributed by atoms with Crippen LogP contribution in [0, 0.1) is 0 Å². The molecule has 0 amide bonds. The zero-order valence-corrected chi connectivity index (χ0v) is 16.3. The number of benzene rings is 2. The van der Waals surface area contributed by atoms with Crippen LogP contribution in [0.3, 0.4) is 0 Å². The third-order valence-corrected chi connectivity index (χ3v) is 7.07. The Kier molecular flexibility index (Phi) is 6.19. The third kappa shape index (κ3) is 4.20. The monoisotopic (exact) mass is 394 g/mol. The van der Waals surface area contributed by atoms with Gasteiger partial charge in [-0.1, -0.05) is 41.9 Å². The van der Waals surface area contributed by atoms with E-state index in [1.54, 1.807) is 31.4 Å². The van der Waals surface area contributed by atoms with Crippen molar-refractivity contribution >= 4 is 21.6 Å².